The van der Waals surface area contributed by atoms with Gasteiger partial charge in [0.05, 0.1) is 24.0 Å². The Kier molecular flexibility index (Phi) is 6.21. The maximum Gasteiger partial charge on any atom is 0.317 e. The summed E-state index contributed by atoms with van der Waals surface area (Å²) in [6.07, 6.45) is 0.390. The molecule has 1 atom stereocenters. The van der Waals surface area contributed by atoms with E-state index in [0.29, 0.717) is 6.54 Å². The zero-order chi connectivity index (χ0) is 15.2. The molecule has 1 unspecified atom stereocenters. The van der Waals surface area contributed by atoms with Gasteiger partial charge in [0, 0.05) is 13.1 Å². The summed E-state index contributed by atoms with van der Waals surface area (Å²) in [6, 6.07) is -1.20. The monoisotopic (exact) mass is 307 g/mol. The molecule has 0 aromatic carbocycles. The van der Waals surface area contributed by atoms with Gasteiger partial charge in [0.1, 0.15) is 0 Å². The number of hydrogen-bond donors (Lipinski definition) is 3. The fourth-order valence-corrected chi connectivity index (χ4v) is 3.61. The van der Waals surface area contributed by atoms with E-state index in [1.54, 1.807) is 7.05 Å². The topological polar surface area (TPSA) is 116 Å². The highest BCUT2D eigenvalue weighted by Gasteiger charge is 2.35. The first-order chi connectivity index (χ1) is 9.35. The van der Waals surface area contributed by atoms with Gasteiger partial charge in [0.15, 0.2) is 9.84 Å². The number of carbonyl (C=O) groups is 2. The SMILES string of the molecule is CNCCCNC(=O)N1CCS(=O)(=O)CC1CC(=O)O. The van der Waals surface area contributed by atoms with Crippen molar-refractivity contribution in [3.63, 3.8) is 0 Å². The van der Waals surface area contributed by atoms with Crippen LogP contribution in [0, 0.1) is 0 Å². The van der Waals surface area contributed by atoms with E-state index in [-0.39, 0.29) is 24.5 Å². The standard InChI is InChI=1S/C11H21N3O5S/c1-12-3-2-4-13-11(17)14-5-6-20(18,19)8-9(14)7-10(15)16/h9,12H,2-8H2,1H3,(H,13,17)(H,15,16). The molecule has 3 N–H and O–H groups in total. The van der Waals surface area contributed by atoms with E-state index in [1.807, 2.05) is 0 Å². The highest BCUT2D eigenvalue weighted by molar-refractivity contribution is 7.91. The second-order valence-corrected chi connectivity index (χ2v) is 6.98. The van der Waals surface area contributed by atoms with Gasteiger partial charge in [-0.3, -0.25) is 4.79 Å². The Hall–Kier alpha value is -1.35. The third kappa shape index (κ3) is 5.33. The molecule has 1 aliphatic rings. The van der Waals surface area contributed by atoms with Crippen LogP contribution in [0.5, 0.6) is 0 Å². The second-order valence-electron chi connectivity index (χ2n) is 4.75. The van der Waals surface area contributed by atoms with E-state index >= 15 is 0 Å². The van der Waals surface area contributed by atoms with Crippen molar-refractivity contribution in [2.24, 2.45) is 0 Å². The zero-order valence-electron chi connectivity index (χ0n) is 11.5. The van der Waals surface area contributed by atoms with E-state index in [0.717, 1.165) is 13.0 Å². The smallest absolute Gasteiger partial charge is 0.317 e. The normalized spacial score (nSPS) is 21.4. The van der Waals surface area contributed by atoms with Gasteiger partial charge in [-0.1, -0.05) is 0 Å². The lowest BCUT2D eigenvalue weighted by Crippen LogP contribution is -2.55. The lowest BCUT2D eigenvalue weighted by molar-refractivity contribution is -0.138. The minimum atomic E-state index is -3.27. The van der Waals surface area contributed by atoms with Crippen molar-refractivity contribution in [1.29, 1.82) is 0 Å². The molecule has 0 radical (unpaired) electrons. The van der Waals surface area contributed by atoms with Crippen molar-refractivity contribution in [2.75, 3.05) is 38.2 Å². The number of urea groups is 1. The average molecular weight is 307 g/mol. The molecule has 1 heterocycles. The van der Waals surface area contributed by atoms with Gasteiger partial charge in [-0.15, -0.1) is 0 Å². The summed E-state index contributed by atoms with van der Waals surface area (Å²) < 4.78 is 23.1. The Balaban J connectivity index is 2.60. The van der Waals surface area contributed by atoms with Crippen LogP contribution in [-0.4, -0.2) is 74.7 Å². The number of nitrogens with one attached hydrogen (secondary N) is 2. The van der Waals surface area contributed by atoms with Crippen molar-refractivity contribution < 1.29 is 23.1 Å². The summed E-state index contributed by atoms with van der Waals surface area (Å²) in [7, 11) is -1.46. The van der Waals surface area contributed by atoms with Crippen LogP contribution in [0.25, 0.3) is 0 Å². The van der Waals surface area contributed by atoms with E-state index in [1.165, 1.54) is 4.90 Å². The number of carboxylic acids is 1. The molecule has 9 heteroatoms. The van der Waals surface area contributed by atoms with Crippen LogP contribution in [0.1, 0.15) is 12.8 Å². The molecule has 1 fully saturated rings. The molecule has 0 aromatic heterocycles. The minimum absolute atomic E-state index is 0.0398. The number of amides is 2. The number of carbonyl (C=O) groups excluding carboxylic acids is 1. The summed E-state index contributed by atoms with van der Waals surface area (Å²) in [6.45, 7) is 1.26. The predicted octanol–water partition coefficient (Wildman–Crippen LogP) is -1.12. The first-order valence-electron chi connectivity index (χ1n) is 6.47. The van der Waals surface area contributed by atoms with E-state index in [9.17, 15) is 18.0 Å². The van der Waals surface area contributed by atoms with Gasteiger partial charge in [0.2, 0.25) is 0 Å². The Bertz CT molecular complexity index is 451. The number of sulfone groups is 1. The molecule has 1 saturated heterocycles. The van der Waals surface area contributed by atoms with Gasteiger partial charge >= 0.3 is 12.0 Å². The average Bonchev–Trinajstić information content (AvgIpc) is 2.32. The molecular formula is C11H21N3O5S. The summed E-state index contributed by atoms with van der Waals surface area (Å²) in [4.78, 5) is 24.1. The van der Waals surface area contributed by atoms with Gasteiger partial charge < -0.3 is 20.6 Å². The Morgan fingerprint density at radius 1 is 1.35 bits per heavy atom. The van der Waals surface area contributed by atoms with Crippen molar-refractivity contribution in [2.45, 2.75) is 18.9 Å². The molecule has 2 amide bonds. The third-order valence-corrected chi connectivity index (χ3v) is 4.78. The van der Waals surface area contributed by atoms with Crippen molar-refractivity contribution in [3.05, 3.63) is 0 Å². The van der Waals surface area contributed by atoms with Crippen LogP contribution in [0.3, 0.4) is 0 Å². The number of rotatable bonds is 6. The highest BCUT2D eigenvalue weighted by atomic mass is 32.2. The predicted molar refractivity (Wildman–Crippen MR) is 73.3 cm³/mol. The van der Waals surface area contributed by atoms with E-state index in [4.69, 9.17) is 5.11 Å². The largest absolute Gasteiger partial charge is 0.481 e. The van der Waals surface area contributed by atoms with Crippen LogP contribution >= 0.6 is 0 Å². The van der Waals surface area contributed by atoms with Gasteiger partial charge in [-0.05, 0) is 20.0 Å². The maximum absolute atomic E-state index is 12.0. The summed E-state index contributed by atoms with van der Waals surface area (Å²) in [5.41, 5.74) is 0. The fraction of sp³-hybridized carbons (Fsp3) is 0.818. The van der Waals surface area contributed by atoms with E-state index in [2.05, 4.69) is 10.6 Å². The fourth-order valence-electron chi connectivity index (χ4n) is 2.09. The van der Waals surface area contributed by atoms with Gasteiger partial charge in [-0.25, -0.2) is 13.2 Å². The molecular weight excluding hydrogens is 286 g/mol. The quantitative estimate of drug-likeness (QED) is 0.535. The minimum Gasteiger partial charge on any atom is -0.481 e. The van der Waals surface area contributed by atoms with Crippen molar-refractivity contribution in [3.8, 4) is 0 Å². The first kappa shape index (κ1) is 16.7. The lowest BCUT2D eigenvalue weighted by atomic mass is 10.2. The third-order valence-electron chi connectivity index (χ3n) is 3.08. The highest BCUT2D eigenvalue weighted by Crippen LogP contribution is 2.15. The summed E-state index contributed by atoms with van der Waals surface area (Å²) in [5.74, 6) is -1.52. The molecule has 116 valence electrons. The van der Waals surface area contributed by atoms with E-state index < -0.39 is 27.9 Å². The summed E-state index contributed by atoms with van der Waals surface area (Å²) >= 11 is 0. The Labute approximate surface area is 118 Å². The van der Waals surface area contributed by atoms with Crippen LogP contribution in [0.2, 0.25) is 0 Å². The van der Waals surface area contributed by atoms with Crippen LogP contribution < -0.4 is 10.6 Å². The number of carboxylic acid groups (broad SMARTS) is 1. The molecule has 20 heavy (non-hydrogen) atoms. The van der Waals surface area contributed by atoms with Crippen LogP contribution in [0.4, 0.5) is 4.79 Å². The molecule has 0 saturated carbocycles. The molecule has 0 spiro atoms. The number of hydrogen-bond acceptors (Lipinski definition) is 5. The maximum atomic E-state index is 12.0. The molecule has 1 rings (SSSR count). The molecule has 0 aromatic rings. The Morgan fingerprint density at radius 2 is 2.05 bits per heavy atom. The van der Waals surface area contributed by atoms with Crippen molar-refractivity contribution in [1.82, 2.24) is 15.5 Å². The van der Waals surface area contributed by atoms with Crippen LogP contribution in [0.15, 0.2) is 0 Å². The first-order valence-corrected chi connectivity index (χ1v) is 8.29. The lowest BCUT2D eigenvalue weighted by Gasteiger charge is -2.34. The molecule has 0 bridgehead atoms. The molecule has 1 aliphatic heterocycles. The van der Waals surface area contributed by atoms with Crippen LogP contribution in [-0.2, 0) is 14.6 Å². The molecule has 0 aliphatic carbocycles. The molecule has 8 nitrogen and oxygen atoms in total. The van der Waals surface area contributed by atoms with Gasteiger partial charge in [-0.2, -0.15) is 0 Å². The van der Waals surface area contributed by atoms with Gasteiger partial charge in [0.25, 0.3) is 0 Å². The number of nitrogens with zero attached hydrogens (tertiary/aromatic N) is 1. The Morgan fingerprint density at radius 3 is 2.65 bits per heavy atom. The zero-order valence-corrected chi connectivity index (χ0v) is 12.3. The number of aliphatic carboxylic acids is 1. The van der Waals surface area contributed by atoms with Crippen molar-refractivity contribution >= 4 is 21.8 Å². The summed E-state index contributed by atoms with van der Waals surface area (Å²) in [5, 5.41) is 14.4. The second kappa shape index (κ2) is 7.44.